The van der Waals surface area contributed by atoms with E-state index in [4.69, 9.17) is 0 Å². The molecule has 0 radical (unpaired) electrons. The second kappa shape index (κ2) is 6.43. The Kier molecular flexibility index (Phi) is 4.52. The molecule has 1 saturated carbocycles. The van der Waals surface area contributed by atoms with E-state index in [1.54, 1.807) is 30.3 Å². The molecule has 0 spiro atoms. The standard InChI is InChI=1S/C16H15BrN2O3S/c17-12-4-1-3-11(9-12)16(20)18-14-5-2-6-15(10-14)23(21,22)19-13-7-8-13/h1-6,9-10,13,19H,7-8H2,(H,18,20). The Morgan fingerprint density at radius 3 is 2.52 bits per heavy atom. The van der Waals surface area contributed by atoms with E-state index in [0.717, 1.165) is 17.3 Å². The third kappa shape index (κ3) is 4.19. The van der Waals surface area contributed by atoms with E-state index in [1.165, 1.54) is 12.1 Å². The fourth-order valence-corrected chi connectivity index (χ4v) is 3.81. The van der Waals surface area contributed by atoms with Gasteiger partial charge in [-0.1, -0.05) is 28.1 Å². The monoisotopic (exact) mass is 394 g/mol. The highest BCUT2D eigenvalue weighted by Crippen LogP contribution is 2.23. The maximum Gasteiger partial charge on any atom is 0.255 e. The highest BCUT2D eigenvalue weighted by atomic mass is 79.9. The van der Waals surface area contributed by atoms with Gasteiger partial charge in [0.15, 0.2) is 0 Å². The molecule has 7 heteroatoms. The maximum absolute atomic E-state index is 12.2. The van der Waals surface area contributed by atoms with Crippen molar-refractivity contribution >= 4 is 37.5 Å². The number of benzene rings is 2. The van der Waals surface area contributed by atoms with Crippen LogP contribution >= 0.6 is 15.9 Å². The summed E-state index contributed by atoms with van der Waals surface area (Å²) in [4.78, 5) is 12.4. The summed E-state index contributed by atoms with van der Waals surface area (Å²) in [7, 11) is -3.54. The summed E-state index contributed by atoms with van der Waals surface area (Å²) in [6.45, 7) is 0. The molecule has 0 aliphatic heterocycles. The van der Waals surface area contributed by atoms with Crippen molar-refractivity contribution < 1.29 is 13.2 Å². The first-order chi connectivity index (χ1) is 10.9. The summed E-state index contributed by atoms with van der Waals surface area (Å²) in [5.41, 5.74) is 0.928. The number of nitrogens with one attached hydrogen (secondary N) is 2. The second-order valence-electron chi connectivity index (χ2n) is 5.39. The van der Waals surface area contributed by atoms with Crippen molar-refractivity contribution in [3.8, 4) is 0 Å². The average Bonchev–Trinajstić information content (AvgIpc) is 3.31. The van der Waals surface area contributed by atoms with Crippen LogP contribution in [-0.2, 0) is 10.0 Å². The average molecular weight is 395 g/mol. The molecule has 1 aliphatic carbocycles. The Hall–Kier alpha value is -1.70. The second-order valence-corrected chi connectivity index (χ2v) is 8.02. The van der Waals surface area contributed by atoms with Gasteiger partial charge in [-0.05, 0) is 49.2 Å². The molecule has 0 unspecified atom stereocenters. The van der Waals surface area contributed by atoms with Crippen LogP contribution in [-0.4, -0.2) is 20.4 Å². The quantitative estimate of drug-likeness (QED) is 0.817. The molecule has 0 heterocycles. The molecule has 1 aliphatic rings. The van der Waals surface area contributed by atoms with E-state index in [2.05, 4.69) is 26.0 Å². The SMILES string of the molecule is O=C(Nc1cccc(S(=O)(=O)NC2CC2)c1)c1cccc(Br)c1. The van der Waals surface area contributed by atoms with Gasteiger partial charge >= 0.3 is 0 Å². The zero-order valence-electron chi connectivity index (χ0n) is 12.1. The van der Waals surface area contributed by atoms with E-state index in [1.807, 2.05) is 6.07 Å². The van der Waals surface area contributed by atoms with Gasteiger partial charge in [-0.3, -0.25) is 4.79 Å². The van der Waals surface area contributed by atoms with Crippen LogP contribution in [0.15, 0.2) is 57.9 Å². The predicted octanol–water partition coefficient (Wildman–Crippen LogP) is 3.14. The molecule has 0 saturated heterocycles. The summed E-state index contributed by atoms with van der Waals surface area (Å²) in [6.07, 6.45) is 1.75. The van der Waals surface area contributed by atoms with Gasteiger partial charge in [-0.25, -0.2) is 13.1 Å². The number of amides is 1. The van der Waals surface area contributed by atoms with Crippen molar-refractivity contribution in [2.45, 2.75) is 23.8 Å². The number of hydrogen-bond acceptors (Lipinski definition) is 3. The number of carbonyl (C=O) groups excluding carboxylic acids is 1. The first-order valence-electron chi connectivity index (χ1n) is 7.13. The number of carbonyl (C=O) groups is 1. The summed E-state index contributed by atoms with van der Waals surface area (Å²) in [6, 6.07) is 13.3. The first kappa shape index (κ1) is 16.2. The minimum absolute atomic E-state index is 0.0416. The number of rotatable bonds is 5. The fraction of sp³-hybridized carbons (Fsp3) is 0.188. The minimum atomic E-state index is -3.54. The summed E-state index contributed by atoms with van der Waals surface area (Å²) < 4.78 is 27.8. The zero-order chi connectivity index (χ0) is 16.4. The molecule has 2 aromatic carbocycles. The third-order valence-electron chi connectivity index (χ3n) is 3.39. The smallest absolute Gasteiger partial charge is 0.255 e. The third-order valence-corrected chi connectivity index (χ3v) is 5.40. The van der Waals surface area contributed by atoms with Gasteiger partial charge in [0, 0.05) is 21.8 Å². The normalized spacial score (nSPS) is 14.5. The minimum Gasteiger partial charge on any atom is -0.322 e. The molecule has 2 aromatic rings. The van der Waals surface area contributed by atoms with Crippen molar-refractivity contribution in [1.29, 1.82) is 0 Å². The molecule has 0 aromatic heterocycles. The van der Waals surface area contributed by atoms with E-state index in [9.17, 15) is 13.2 Å². The van der Waals surface area contributed by atoms with Crippen molar-refractivity contribution in [2.75, 3.05) is 5.32 Å². The number of halogens is 1. The fourth-order valence-electron chi connectivity index (χ4n) is 2.06. The van der Waals surface area contributed by atoms with E-state index < -0.39 is 10.0 Å². The Morgan fingerprint density at radius 1 is 1.09 bits per heavy atom. The van der Waals surface area contributed by atoms with Gasteiger partial charge in [-0.2, -0.15) is 0 Å². The molecule has 3 rings (SSSR count). The molecule has 1 amide bonds. The Balaban J connectivity index is 1.78. The largest absolute Gasteiger partial charge is 0.322 e. The maximum atomic E-state index is 12.2. The Bertz CT molecular complexity index is 848. The summed E-state index contributed by atoms with van der Waals surface area (Å²) in [5, 5.41) is 2.71. The molecular weight excluding hydrogens is 380 g/mol. The van der Waals surface area contributed by atoms with Crippen molar-refractivity contribution in [3.63, 3.8) is 0 Å². The van der Waals surface area contributed by atoms with E-state index in [0.29, 0.717) is 11.3 Å². The van der Waals surface area contributed by atoms with E-state index >= 15 is 0 Å². The van der Waals surface area contributed by atoms with Gasteiger partial charge in [0.2, 0.25) is 10.0 Å². The summed E-state index contributed by atoms with van der Waals surface area (Å²) >= 11 is 3.31. The lowest BCUT2D eigenvalue weighted by Crippen LogP contribution is -2.25. The molecule has 5 nitrogen and oxygen atoms in total. The van der Waals surface area contributed by atoms with Crippen LogP contribution in [0, 0.1) is 0 Å². The number of hydrogen-bond donors (Lipinski definition) is 2. The van der Waals surface area contributed by atoms with Gasteiger partial charge < -0.3 is 5.32 Å². The number of anilines is 1. The number of sulfonamides is 1. The molecule has 1 fully saturated rings. The predicted molar refractivity (Wildman–Crippen MR) is 91.9 cm³/mol. The van der Waals surface area contributed by atoms with Crippen LogP contribution in [0.25, 0.3) is 0 Å². The van der Waals surface area contributed by atoms with Crippen molar-refractivity contribution in [3.05, 3.63) is 58.6 Å². The topological polar surface area (TPSA) is 75.3 Å². The highest BCUT2D eigenvalue weighted by molar-refractivity contribution is 9.10. The highest BCUT2D eigenvalue weighted by Gasteiger charge is 2.28. The van der Waals surface area contributed by atoms with Crippen molar-refractivity contribution in [2.24, 2.45) is 0 Å². The van der Waals surface area contributed by atoms with Gasteiger partial charge in [0.25, 0.3) is 5.91 Å². The summed E-state index contributed by atoms with van der Waals surface area (Å²) in [5.74, 6) is -0.295. The lowest BCUT2D eigenvalue weighted by molar-refractivity contribution is 0.102. The molecular formula is C16H15BrN2O3S. The first-order valence-corrected chi connectivity index (χ1v) is 9.41. The van der Waals surface area contributed by atoms with Crippen LogP contribution in [0.1, 0.15) is 23.2 Å². The molecule has 2 N–H and O–H groups in total. The lowest BCUT2D eigenvalue weighted by atomic mass is 10.2. The van der Waals surface area contributed by atoms with Crippen LogP contribution in [0.5, 0.6) is 0 Å². The van der Waals surface area contributed by atoms with Crippen LogP contribution < -0.4 is 10.0 Å². The molecule has 0 bridgehead atoms. The van der Waals surface area contributed by atoms with Crippen LogP contribution in [0.3, 0.4) is 0 Å². The molecule has 120 valence electrons. The van der Waals surface area contributed by atoms with Gasteiger partial charge in [-0.15, -0.1) is 0 Å². The van der Waals surface area contributed by atoms with Gasteiger partial charge in [0.05, 0.1) is 4.90 Å². The Morgan fingerprint density at radius 2 is 1.83 bits per heavy atom. The van der Waals surface area contributed by atoms with Gasteiger partial charge in [0.1, 0.15) is 0 Å². The van der Waals surface area contributed by atoms with Crippen molar-refractivity contribution in [1.82, 2.24) is 4.72 Å². The zero-order valence-corrected chi connectivity index (χ0v) is 14.5. The molecule has 0 atom stereocenters. The van der Waals surface area contributed by atoms with E-state index in [-0.39, 0.29) is 16.8 Å². The van der Waals surface area contributed by atoms with Crippen LogP contribution in [0.4, 0.5) is 5.69 Å². The Labute approximate surface area is 143 Å². The molecule has 23 heavy (non-hydrogen) atoms. The lowest BCUT2D eigenvalue weighted by Gasteiger charge is -2.09. The van der Waals surface area contributed by atoms with Crippen LogP contribution in [0.2, 0.25) is 0 Å².